The number of hydrogen-bond donors (Lipinski definition) is 1. The molecule has 2 nitrogen and oxygen atoms in total. The standard InChI is InChI=1S/C13H18N2S/c1-2-4-11(5-3-1)14-8-12-9-15-13(16-12)10-6-7-10/h1-2,9-11,14H,3-8H2. The van der Waals surface area contributed by atoms with Gasteiger partial charge < -0.3 is 5.32 Å². The molecule has 1 aromatic heterocycles. The van der Waals surface area contributed by atoms with Crippen molar-refractivity contribution in [3.8, 4) is 0 Å². The summed E-state index contributed by atoms with van der Waals surface area (Å²) < 4.78 is 0. The van der Waals surface area contributed by atoms with Gasteiger partial charge in [-0.15, -0.1) is 11.3 Å². The summed E-state index contributed by atoms with van der Waals surface area (Å²) in [4.78, 5) is 5.91. The minimum atomic E-state index is 0.677. The fourth-order valence-corrected chi connectivity index (χ4v) is 3.18. The first-order valence-electron chi connectivity index (χ1n) is 6.25. The topological polar surface area (TPSA) is 24.9 Å². The van der Waals surface area contributed by atoms with E-state index >= 15 is 0 Å². The SMILES string of the molecule is C1=CCC(NCc2cnc(C3CC3)s2)CC1. The van der Waals surface area contributed by atoms with E-state index in [2.05, 4.69) is 28.6 Å². The quantitative estimate of drug-likeness (QED) is 0.809. The number of aromatic nitrogens is 1. The molecule has 86 valence electrons. The Kier molecular flexibility index (Phi) is 3.06. The van der Waals surface area contributed by atoms with Gasteiger partial charge in [-0.25, -0.2) is 4.98 Å². The molecule has 0 radical (unpaired) electrons. The fraction of sp³-hybridized carbons (Fsp3) is 0.615. The van der Waals surface area contributed by atoms with Gasteiger partial charge in [-0.2, -0.15) is 0 Å². The first kappa shape index (κ1) is 10.5. The lowest BCUT2D eigenvalue weighted by Crippen LogP contribution is -2.28. The average Bonchev–Trinajstić information content (AvgIpc) is 3.08. The van der Waals surface area contributed by atoms with Crippen molar-refractivity contribution in [1.29, 1.82) is 0 Å². The summed E-state index contributed by atoms with van der Waals surface area (Å²) in [5, 5.41) is 4.99. The van der Waals surface area contributed by atoms with E-state index in [4.69, 9.17) is 0 Å². The molecule has 3 rings (SSSR count). The molecule has 3 heteroatoms. The van der Waals surface area contributed by atoms with Crippen molar-refractivity contribution < 1.29 is 0 Å². The second kappa shape index (κ2) is 4.68. The summed E-state index contributed by atoms with van der Waals surface area (Å²) in [6.45, 7) is 1.00. The Hall–Kier alpha value is -0.670. The normalized spacial score (nSPS) is 24.9. The molecule has 1 atom stereocenters. The van der Waals surface area contributed by atoms with E-state index in [9.17, 15) is 0 Å². The molecule has 1 unspecified atom stereocenters. The van der Waals surface area contributed by atoms with Crippen LogP contribution in [0.5, 0.6) is 0 Å². The van der Waals surface area contributed by atoms with E-state index < -0.39 is 0 Å². The second-order valence-electron chi connectivity index (χ2n) is 4.80. The zero-order valence-corrected chi connectivity index (χ0v) is 10.3. The maximum Gasteiger partial charge on any atom is 0.0959 e. The lowest BCUT2D eigenvalue weighted by atomic mass is 10.0. The van der Waals surface area contributed by atoms with Crippen molar-refractivity contribution in [2.75, 3.05) is 0 Å². The Balaban J connectivity index is 1.51. The molecule has 1 fully saturated rings. The molecule has 1 N–H and O–H groups in total. The molecule has 1 aromatic rings. The van der Waals surface area contributed by atoms with Crippen LogP contribution >= 0.6 is 11.3 Å². The van der Waals surface area contributed by atoms with Crippen LogP contribution in [0.25, 0.3) is 0 Å². The highest BCUT2D eigenvalue weighted by Gasteiger charge is 2.26. The zero-order chi connectivity index (χ0) is 10.8. The Morgan fingerprint density at radius 2 is 2.25 bits per heavy atom. The first-order chi connectivity index (χ1) is 7.92. The van der Waals surface area contributed by atoms with Crippen molar-refractivity contribution in [3.63, 3.8) is 0 Å². The minimum absolute atomic E-state index is 0.677. The Morgan fingerprint density at radius 1 is 1.31 bits per heavy atom. The fourth-order valence-electron chi connectivity index (χ4n) is 2.15. The highest BCUT2D eigenvalue weighted by Crippen LogP contribution is 2.41. The van der Waals surface area contributed by atoms with E-state index in [1.807, 2.05) is 11.3 Å². The largest absolute Gasteiger partial charge is 0.309 e. The molecule has 2 aliphatic carbocycles. The van der Waals surface area contributed by atoms with Crippen molar-refractivity contribution >= 4 is 11.3 Å². The maximum atomic E-state index is 4.51. The van der Waals surface area contributed by atoms with Gasteiger partial charge in [0.25, 0.3) is 0 Å². The molecule has 16 heavy (non-hydrogen) atoms. The third-order valence-corrected chi connectivity index (χ3v) is 4.49. The monoisotopic (exact) mass is 234 g/mol. The predicted octanol–water partition coefficient (Wildman–Crippen LogP) is 3.22. The van der Waals surface area contributed by atoms with Crippen molar-refractivity contribution in [2.24, 2.45) is 0 Å². The van der Waals surface area contributed by atoms with Gasteiger partial charge in [0.2, 0.25) is 0 Å². The summed E-state index contributed by atoms with van der Waals surface area (Å²) in [7, 11) is 0. The number of allylic oxidation sites excluding steroid dienone is 1. The minimum Gasteiger partial charge on any atom is -0.309 e. The molecule has 0 amide bonds. The highest BCUT2D eigenvalue weighted by atomic mass is 32.1. The number of nitrogens with zero attached hydrogens (tertiary/aromatic N) is 1. The van der Waals surface area contributed by atoms with Gasteiger partial charge in [0.05, 0.1) is 5.01 Å². The zero-order valence-electron chi connectivity index (χ0n) is 9.48. The average molecular weight is 234 g/mol. The van der Waals surface area contributed by atoms with Crippen LogP contribution in [0.2, 0.25) is 0 Å². The van der Waals surface area contributed by atoms with E-state index in [0.717, 1.165) is 12.5 Å². The van der Waals surface area contributed by atoms with Crippen LogP contribution in [0, 0.1) is 0 Å². The summed E-state index contributed by atoms with van der Waals surface area (Å²) >= 11 is 1.90. The third kappa shape index (κ3) is 2.53. The van der Waals surface area contributed by atoms with E-state index in [1.54, 1.807) is 0 Å². The third-order valence-electron chi connectivity index (χ3n) is 3.33. The highest BCUT2D eigenvalue weighted by molar-refractivity contribution is 7.11. The van der Waals surface area contributed by atoms with E-state index in [0.29, 0.717) is 6.04 Å². The van der Waals surface area contributed by atoms with Gasteiger partial charge in [0.15, 0.2) is 0 Å². The van der Waals surface area contributed by atoms with Gasteiger partial charge >= 0.3 is 0 Å². The van der Waals surface area contributed by atoms with Gasteiger partial charge in [-0.3, -0.25) is 0 Å². The summed E-state index contributed by atoms with van der Waals surface area (Å²) in [5.41, 5.74) is 0. The Bertz CT molecular complexity index is 379. The van der Waals surface area contributed by atoms with Crippen LogP contribution in [0.4, 0.5) is 0 Å². The predicted molar refractivity (Wildman–Crippen MR) is 67.7 cm³/mol. The first-order valence-corrected chi connectivity index (χ1v) is 7.06. The lowest BCUT2D eigenvalue weighted by molar-refractivity contribution is 0.476. The summed E-state index contributed by atoms with van der Waals surface area (Å²) in [6.07, 6.45) is 13.1. The number of nitrogens with one attached hydrogen (secondary N) is 1. The molecule has 1 heterocycles. The van der Waals surface area contributed by atoms with Crippen LogP contribution < -0.4 is 5.32 Å². The van der Waals surface area contributed by atoms with Crippen molar-refractivity contribution in [1.82, 2.24) is 10.3 Å². The lowest BCUT2D eigenvalue weighted by Gasteiger charge is -2.18. The van der Waals surface area contributed by atoms with Crippen molar-refractivity contribution in [2.45, 2.75) is 50.6 Å². The van der Waals surface area contributed by atoms with Gasteiger partial charge in [-0.1, -0.05) is 12.2 Å². The molecular weight excluding hydrogens is 216 g/mol. The van der Waals surface area contributed by atoms with Crippen LogP contribution in [-0.2, 0) is 6.54 Å². The van der Waals surface area contributed by atoms with Crippen LogP contribution in [0.1, 0.15) is 47.9 Å². The van der Waals surface area contributed by atoms with E-state index in [-0.39, 0.29) is 0 Å². The smallest absolute Gasteiger partial charge is 0.0959 e. The van der Waals surface area contributed by atoms with E-state index in [1.165, 1.54) is 42.0 Å². The number of hydrogen-bond acceptors (Lipinski definition) is 3. The molecule has 0 spiro atoms. The second-order valence-corrected chi connectivity index (χ2v) is 5.95. The Labute approximate surface area is 101 Å². The Morgan fingerprint density at radius 3 is 3.00 bits per heavy atom. The molecule has 1 saturated carbocycles. The summed E-state index contributed by atoms with van der Waals surface area (Å²) in [6, 6.07) is 0.677. The molecular formula is C13H18N2S. The summed E-state index contributed by atoms with van der Waals surface area (Å²) in [5.74, 6) is 0.802. The van der Waals surface area contributed by atoms with Gasteiger partial charge in [0.1, 0.15) is 0 Å². The van der Waals surface area contributed by atoms with Crippen LogP contribution in [0.15, 0.2) is 18.3 Å². The van der Waals surface area contributed by atoms with Crippen molar-refractivity contribution in [3.05, 3.63) is 28.2 Å². The van der Waals surface area contributed by atoms with Gasteiger partial charge in [-0.05, 0) is 32.1 Å². The van der Waals surface area contributed by atoms with Crippen LogP contribution in [-0.4, -0.2) is 11.0 Å². The molecule has 2 aliphatic rings. The number of rotatable bonds is 4. The molecule has 0 bridgehead atoms. The van der Waals surface area contributed by atoms with Crippen LogP contribution in [0.3, 0.4) is 0 Å². The molecule has 0 aromatic carbocycles. The molecule has 0 saturated heterocycles. The maximum absolute atomic E-state index is 4.51. The number of thiazole rings is 1. The van der Waals surface area contributed by atoms with Gasteiger partial charge in [0, 0.05) is 29.6 Å². The molecule has 0 aliphatic heterocycles.